The Bertz CT molecular complexity index is 576. The van der Waals surface area contributed by atoms with Gasteiger partial charge in [-0.2, -0.15) is 22.0 Å². The second-order valence-electron chi connectivity index (χ2n) is 3.83. The van der Waals surface area contributed by atoms with Crippen molar-refractivity contribution in [1.82, 2.24) is 4.98 Å². The molecule has 0 unspecified atom stereocenters. The highest BCUT2D eigenvalue weighted by molar-refractivity contribution is 5.89. The maximum Gasteiger partial charge on any atom is 0.459 e. The van der Waals surface area contributed by atoms with Gasteiger partial charge in [-0.05, 0) is 18.1 Å². The third-order valence-electron chi connectivity index (χ3n) is 2.58. The Morgan fingerprint density at radius 2 is 1.85 bits per heavy atom. The van der Waals surface area contributed by atoms with E-state index in [-0.39, 0.29) is 6.42 Å². The first kappa shape index (κ1) is 16.1. The van der Waals surface area contributed by atoms with Crippen molar-refractivity contribution in [2.45, 2.75) is 25.4 Å². The van der Waals surface area contributed by atoms with Gasteiger partial charge in [-0.15, -0.1) is 0 Å². The number of aromatic nitrogens is 1. The molecule has 0 saturated heterocycles. The average molecular weight is 299 g/mol. The molecule has 0 aliphatic heterocycles. The quantitative estimate of drug-likeness (QED) is 0.688. The zero-order valence-electron chi connectivity index (χ0n) is 10.4. The van der Waals surface area contributed by atoms with Crippen molar-refractivity contribution >= 4 is 5.97 Å². The summed E-state index contributed by atoms with van der Waals surface area (Å²) in [6.45, 7) is 1.31. The van der Waals surface area contributed by atoms with E-state index in [0.717, 1.165) is 7.11 Å². The topological polar surface area (TPSA) is 59.2 Å². The molecule has 1 heterocycles. The van der Waals surface area contributed by atoms with Gasteiger partial charge in [-0.3, -0.25) is 4.79 Å². The van der Waals surface area contributed by atoms with Crippen LogP contribution in [0.25, 0.3) is 0 Å². The molecule has 0 fully saturated rings. The minimum absolute atomic E-state index is 0.234. The van der Waals surface area contributed by atoms with Gasteiger partial charge >= 0.3 is 18.1 Å². The van der Waals surface area contributed by atoms with Crippen LogP contribution in [0.2, 0.25) is 0 Å². The molecule has 9 heteroatoms. The van der Waals surface area contributed by atoms with E-state index in [4.69, 9.17) is 0 Å². The van der Waals surface area contributed by atoms with Crippen LogP contribution in [0.3, 0.4) is 0 Å². The second-order valence-corrected chi connectivity index (χ2v) is 3.83. The van der Waals surface area contributed by atoms with Gasteiger partial charge in [0.15, 0.2) is 0 Å². The van der Waals surface area contributed by atoms with Crippen molar-refractivity contribution in [2.75, 3.05) is 7.11 Å². The lowest BCUT2D eigenvalue weighted by atomic mass is 10.0. The lowest BCUT2D eigenvalue weighted by molar-refractivity contribution is -0.291. The molecule has 0 amide bonds. The molecule has 1 rings (SSSR count). The second kappa shape index (κ2) is 5.22. The van der Waals surface area contributed by atoms with Crippen LogP contribution in [-0.4, -0.2) is 24.2 Å². The number of aryl methyl sites for hydroxylation is 1. The van der Waals surface area contributed by atoms with Crippen LogP contribution in [0.1, 0.15) is 28.5 Å². The van der Waals surface area contributed by atoms with E-state index in [2.05, 4.69) is 4.74 Å². The first-order chi connectivity index (χ1) is 9.06. The van der Waals surface area contributed by atoms with Gasteiger partial charge in [-0.1, -0.05) is 6.92 Å². The number of H-pyrrole nitrogens is 1. The standard InChI is InChI=1S/C11H10F5NO3/c1-3-5-4-6(9(19)20-2)8(18)17-7(5)10(12,13)11(14,15)16/h4H,3H2,1-2H3,(H,17,18). The summed E-state index contributed by atoms with van der Waals surface area (Å²) < 4.78 is 67.8. The number of esters is 1. The molecule has 1 aromatic rings. The molecule has 1 aromatic heterocycles. The molecule has 0 atom stereocenters. The summed E-state index contributed by atoms with van der Waals surface area (Å²) >= 11 is 0. The number of halogens is 5. The van der Waals surface area contributed by atoms with E-state index >= 15 is 0 Å². The summed E-state index contributed by atoms with van der Waals surface area (Å²) in [6.07, 6.45) is -6.09. The molecule has 0 spiro atoms. The van der Waals surface area contributed by atoms with Crippen LogP contribution in [0.4, 0.5) is 22.0 Å². The molecule has 0 aliphatic carbocycles. The Hall–Kier alpha value is -1.93. The molecule has 1 N–H and O–H groups in total. The van der Waals surface area contributed by atoms with Gasteiger partial charge in [0.2, 0.25) is 0 Å². The zero-order valence-corrected chi connectivity index (χ0v) is 10.4. The van der Waals surface area contributed by atoms with Gasteiger partial charge < -0.3 is 9.72 Å². The number of aromatic amines is 1. The highest BCUT2D eigenvalue weighted by Gasteiger charge is 2.60. The van der Waals surface area contributed by atoms with Crippen LogP contribution in [-0.2, 0) is 17.1 Å². The number of ether oxygens (including phenoxy) is 1. The van der Waals surface area contributed by atoms with Crippen LogP contribution < -0.4 is 5.56 Å². The molecule has 0 aliphatic rings. The van der Waals surface area contributed by atoms with Crippen molar-refractivity contribution in [3.8, 4) is 0 Å². The van der Waals surface area contributed by atoms with E-state index in [0.29, 0.717) is 6.07 Å². The van der Waals surface area contributed by atoms with E-state index in [1.54, 1.807) is 0 Å². The summed E-state index contributed by atoms with van der Waals surface area (Å²) in [5.41, 5.74) is -4.06. The number of pyridine rings is 1. The number of alkyl halides is 5. The Morgan fingerprint density at radius 3 is 2.25 bits per heavy atom. The summed E-state index contributed by atoms with van der Waals surface area (Å²) in [6, 6.07) is 0.680. The number of hydrogen-bond donors (Lipinski definition) is 1. The first-order valence-electron chi connectivity index (χ1n) is 5.35. The number of carbonyl (C=O) groups is 1. The lowest BCUT2D eigenvalue weighted by Gasteiger charge is -2.22. The van der Waals surface area contributed by atoms with Crippen LogP contribution in [0, 0.1) is 0 Å². The van der Waals surface area contributed by atoms with E-state index in [1.165, 1.54) is 11.9 Å². The Balaban J connectivity index is 3.56. The van der Waals surface area contributed by atoms with Crippen molar-refractivity contribution in [1.29, 1.82) is 0 Å². The molecule has 20 heavy (non-hydrogen) atoms. The summed E-state index contributed by atoms with van der Waals surface area (Å²) in [5.74, 6) is -6.34. The van der Waals surface area contributed by atoms with Gasteiger partial charge in [0.25, 0.3) is 5.56 Å². The zero-order chi connectivity index (χ0) is 15.7. The summed E-state index contributed by atoms with van der Waals surface area (Å²) in [7, 11) is 0.950. The van der Waals surface area contributed by atoms with Gasteiger partial charge in [-0.25, -0.2) is 4.79 Å². The molecule has 0 aromatic carbocycles. The van der Waals surface area contributed by atoms with Crippen molar-refractivity contribution in [2.24, 2.45) is 0 Å². The maximum absolute atomic E-state index is 13.3. The SMILES string of the molecule is CCc1cc(C(=O)OC)c(=O)[nH]c1C(F)(F)C(F)(F)F. The Kier molecular flexibility index (Phi) is 4.21. The summed E-state index contributed by atoms with van der Waals surface area (Å²) in [5, 5.41) is 0. The van der Waals surface area contributed by atoms with Crippen molar-refractivity contribution in [3.05, 3.63) is 33.2 Å². The van der Waals surface area contributed by atoms with Crippen LogP contribution in [0.15, 0.2) is 10.9 Å². The van der Waals surface area contributed by atoms with Crippen molar-refractivity contribution in [3.63, 3.8) is 0 Å². The predicted octanol–water partition coefficient (Wildman–Crippen LogP) is 2.38. The highest BCUT2D eigenvalue weighted by Crippen LogP contribution is 2.44. The molecular weight excluding hydrogens is 289 g/mol. The number of rotatable bonds is 3. The lowest BCUT2D eigenvalue weighted by Crippen LogP contribution is -2.38. The van der Waals surface area contributed by atoms with E-state index < -0.39 is 40.4 Å². The third kappa shape index (κ3) is 2.66. The molecule has 0 bridgehead atoms. The monoisotopic (exact) mass is 299 g/mol. The Morgan fingerprint density at radius 1 is 1.30 bits per heavy atom. The molecule has 0 radical (unpaired) electrons. The Labute approximate surface area is 109 Å². The minimum atomic E-state index is -5.85. The number of nitrogens with one attached hydrogen (secondary N) is 1. The van der Waals surface area contributed by atoms with Crippen LogP contribution >= 0.6 is 0 Å². The number of hydrogen-bond acceptors (Lipinski definition) is 3. The highest BCUT2D eigenvalue weighted by atomic mass is 19.4. The van der Waals surface area contributed by atoms with Crippen molar-refractivity contribution < 1.29 is 31.5 Å². The summed E-state index contributed by atoms with van der Waals surface area (Å²) in [4.78, 5) is 24.1. The first-order valence-corrected chi connectivity index (χ1v) is 5.35. The number of methoxy groups -OCH3 is 1. The maximum atomic E-state index is 13.3. The van der Waals surface area contributed by atoms with Gasteiger partial charge in [0, 0.05) is 0 Å². The van der Waals surface area contributed by atoms with Gasteiger partial charge in [0.05, 0.1) is 7.11 Å². The smallest absolute Gasteiger partial charge is 0.459 e. The largest absolute Gasteiger partial charge is 0.465 e. The fourth-order valence-electron chi connectivity index (χ4n) is 1.54. The average Bonchev–Trinajstić information content (AvgIpc) is 2.36. The molecule has 112 valence electrons. The van der Waals surface area contributed by atoms with Gasteiger partial charge in [0.1, 0.15) is 11.3 Å². The fourth-order valence-corrected chi connectivity index (χ4v) is 1.54. The fraction of sp³-hybridized carbons (Fsp3) is 0.455. The van der Waals surface area contributed by atoms with Crippen LogP contribution in [0.5, 0.6) is 0 Å². The normalized spacial score (nSPS) is 12.3. The number of carbonyl (C=O) groups excluding carboxylic acids is 1. The minimum Gasteiger partial charge on any atom is -0.465 e. The molecule has 4 nitrogen and oxygen atoms in total. The van der Waals surface area contributed by atoms with E-state index in [1.807, 2.05) is 0 Å². The van der Waals surface area contributed by atoms with E-state index in [9.17, 15) is 31.5 Å². The molecule has 0 saturated carbocycles. The third-order valence-corrected chi connectivity index (χ3v) is 2.58. The molecular formula is C11H10F5NO3. The predicted molar refractivity (Wildman–Crippen MR) is 57.7 cm³/mol.